The van der Waals surface area contributed by atoms with E-state index in [1.807, 2.05) is 0 Å². The summed E-state index contributed by atoms with van der Waals surface area (Å²) in [6.45, 7) is 1.27. The standard InChI is InChI=1S/C10H13ClN2O4S/c1-6-2-3-9(7(11)4-6)18(16,17)13-5-8(14)10(12)15/h2-4,8,13-14H,5H2,1H3,(H2,12,15). The van der Waals surface area contributed by atoms with Gasteiger partial charge in [0.1, 0.15) is 11.0 Å². The van der Waals surface area contributed by atoms with Crippen molar-refractivity contribution in [2.75, 3.05) is 6.54 Å². The van der Waals surface area contributed by atoms with Crippen molar-refractivity contribution >= 4 is 27.5 Å². The molecule has 1 atom stereocenters. The Morgan fingerprint density at radius 1 is 1.56 bits per heavy atom. The van der Waals surface area contributed by atoms with E-state index in [4.69, 9.17) is 22.4 Å². The highest BCUT2D eigenvalue weighted by Crippen LogP contribution is 2.22. The van der Waals surface area contributed by atoms with E-state index >= 15 is 0 Å². The summed E-state index contributed by atoms with van der Waals surface area (Å²) in [7, 11) is -3.89. The number of benzene rings is 1. The van der Waals surface area contributed by atoms with Gasteiger partial charge in [-0.05, 0) is 24.6 Å². The number of carbonyl (C=O) groups excluding carboxylic acids is 1. The first kappa shape index (κ1) is 14.9. The Bertz CT molecular complexity index is 559. The maximum absolute atomic E-state index is 11.8. The number of rotatable bonds is 5. The lowest BCUT2D eigenvalue weighted by molar-refractivity contribution is -0.125. The van der Waals surface area contributed by atoms with E-state index in [1.165, 1.54) is 12.1 Å². The third kappa shape index (κ3) is 3.67. The van der Waals surface area contributed by atoms with Crippen molar-refractivity contribution in [3.05, 3.63) is 28.8 Å². The van der Waals surface area contributed by atoms with Crippen molar-refractivity contribution in [3.8, 4) is 0 Å². The zero-order valence-corrected chi connectivity index (χ0v) is 11.1. The lowest BCUT2D eigenvalue weighted by atomic mass is 10.2. The highest BCUT2D eigenvalue weighted by molar-refractivity contribution is 7.89. The van der Waals surface area contributed by atoms with Crippen LogP contribution >= 0.6 is 11.6 Å². The van der Waals surface area contributed by atoms with E-state index in [1.54, 1.807) is 13.0 Å². The molecule has 0 bridgehead atoms. The molecule has 6 nitrogen and oxygen atoms in total. The Kier molecular flexibility index (Phi) is 4.69. The molecular formula is C10H13ClN2O4S. The number of aliphatic hydroxyl groups is 1. The Balaban J connectivity index is 2.90. The number of aryl methyl sites for hydroxylation is 1. The molecule has 0 fully saturated rings. The molecule has 1 aromatic rings. The van der Waals surface area contributed by atoms with Gasteiger partial charge in [-0.25, -0.2) is 13.1 Å². The third-order valence-corrected chi connectivity index (χ3v) is 4.08. The number of hydrogen-bond donors (Lipinski definition) is 3. The van der Waals surface area contributed by atoms with E-state index < -0.39 is 28.6 Å². The van der Waals surface area contributed by atoms with Crippen molar-refractivity contribution in [2.24, 2.45) is 5.73 Å². The molecule has 1 rings (SSSR count). The molecule has 8 heteroatoms. The summed E-state index contributed by atoms with van der Waals surface area (Å²) in [5, 5.41) is 9.18. The number of hydrogen-bond acceptors (Lipinski definition) is 4. The van der Waals surface area contributed by atoms with Gasteiger partial charge in [0, 0.05) is 6.54 Å². The van der Waals surface area contributed by atoms with Gasteiger partial charge in [-0.2, -0.15) is 0 Å². The van der Waals surface area contributed by atoms with Crippen LogP contribution in [0.1, 0.15) is 5.56 Å². The zero-order chi connectivity index (χ0) is 13.9. The molecule has 18 heavy (non-hydrogen) atoms. The fourth-order valence-corrected chi connectivity index (χ4v) is 2.83. The molecule has 0 spiro atoms. The largest absolute Gasteiger partial charge is 0.382 e. The highest BCUT2D eigenvalue weighted by Gasteiger charge is 2.20. The molecule has 0 aliphatic heterocycles. The predicted octanol–water partition coefficient (Wildman–Crippen LogP) is -0.227. The average molecular weight is 293 g/mol. The number of nitrogens with two attached hydrogens (primary N) is 1. The molecule has 0 radical (unpaired) electrons. The van der Waals surface area contributed by atoms with Gasteiger partial charge in [-0.15, -0.1) is 0 Å². The first-order chi connectivity index (χ1) is 8.24. The van der Waals surface area contributed by atoms with E-state index in [-0.39, 0.29) is 9.92 Å². The smallest absolute Gasteiger partial charge is 0.247 e. The van der Waals surface area contributed by atoms with Crippen molar-refractivity contribution in [1.82, 2.24) is 4.72 Å². The van der Waals surface area contributed by atoms with Crippen LogP contribution < -0.4 is 10.5 Å². The lowest BCUT2D eigenvalue weighted by Gasteiger charge is -2.10. The minimum atomic E-state index is -3.89. The Labute approximate surface area is 110 Å². The second-order valence-corrected chi connectivity index (χ2v) is 5.85. The number of halogens is 1. The van der Waals surface area contributed by atoms with Crippen LogP contribution in [0.5, 0.6) is 0 Å². The number of aliphatic hydroxyl groups excluding tert-OH is 1. The third-order valence-electron chi connectivity index (χ3n) is 2.17. The molecule has 1 unspecified atom stereocenters. The van der Waals surface area contributed by atoms with E-state index in [0.29, 0.717) is 0 Å². The van der Waals surface area contributed by atoms with Gasteiger partial charge in [0.15, 0.2) is 0 Å². The van der Waals surface area contributed by atoms with Crippen LogP contribution in [-0.4, -0.2) is 32.1 Å². The maximum atomic E-state index is 11.8. The quantitative estimate of drug-likeness (QED) is 0.696. The number of nitrogens with one attached hydrogen (secondary N) is 1. The molecular weight excluding hydrogens is 280 g/mol. The monoisotopic (exact) mass is 292 g/mol. The number of primary amides is 1. The molecule has 0 aliphatic rings. The summed E-state index contributed by atoms with van der Waals surface area (Å²) in [5.41, 5.74) is 5.62. The van der Waals surface area contributed by atoms with Crippen LogP contribution in [0.2, 0.25) is 5.02 Å². The maximum Gasteiger partial charge on any atom is 0.247 e. The van der Waals surface area contributed by atoms with Gasteiger partial charge in [0.2, 0.25) is 15.9 Å². The van der Waals surface area contributed by atoms with Crippen LogP contribution in [0.15, 0.2) is 23.1 Å². The Morgan fingerprint density at radius 2 is 2.17 bits per heavy atom. The van der Waals surface area contributed by atoms with Crippen LogP contribution in [0, 0.1) is 6.92 Å². The summed E-state index contributed by atoms with van der Waals surface area (Å²) in [6.07, 6.45) is -1.58. The SMILES string of the molecule is Cc1ccc(S(=O)(=O)NCC(O)C(N)=O)c(Cl)c1. The van der Waals surface area contributed by atoms with Crippen LogP contribution in [-0.2, 0) is 14.8 Å². The minimum Gasteiger partial charge on any atom is -0.382 e. The van der Waals surface area contributed by atoms with Gasteiger partial charge >= 0.3 is 0 Å². The van der Waals surface area contributed by atoms with E-state index in [9.17, 15) is 13.2 Å². The normalized spacial score (nSPS) is 13.3. The van der Waals surface area contributed by atoms with Gasteiger partial charge in [0.05, 0.1) is 5.02 Å². The van der Waals surface area contributed by atoms with Crippen molar-refractivity contribution < 1.29 is 18.3 Å². The molecule has 1 aromatic carbocycles. The van der Waals surface area contributed by atoms with Crippen molar-refractivity contribution in [2.45, 2.75) is 17.9 Å². The summed E-state index contributed by atoms with van der Waals surface area (Å²) < 4.78 is 25.7. The van der Waals surface area contributed by atoms with Crippen LogP contribution in [0.3, 0.4) is 0 Å². The number of carbonyl (C=O) groups is 1. The molecule has 0 aliphatic carbocycles. The van der Waals surface area contributed by atoms with Gasteiger partial charge in [-0.3, -0.25) is 4.79 Å². The van der Waals surface area contributed by atoms with Crippen LogP contribution in [0.25, 0.3) is 0 Å². The van der Waals surface area contributed by atoms with Gasteiger partial charge in [-0.1, -0.05) is 17.7 Å². The number of sulfonamides is 1. The average Bonchev–Trinajstić information content (AvgIpc) is 2.25. The topological polar surface area (TPSA) is 109 Å². The summed E-state index contributed by atoms with van der Waals surface area (Å²) in [5.74, 6) is -1.01. The van der Waals surface area contributed by atoms with Crippen molar-refractivity contribution in [3.63, 3.8) is 0 Å². The number of amides is 1. The molecule has 1 amide bonds. The minimum absolute atomic E-state index is 0.0658. The van der Waals surface area contributed by atoms with Gasteiger partial charge < -0.3 is 10.8 Å². The first-order valence-electron chi connectivity index (χ1n) is 4.97. The fraction of sp³-hybridized carbons (Fsp3) is 0.300. The Morgan fingerprint density at radius 3 is 2.67 bits per heavy atom. The zero-order valence-electron chi connectivity index (χ0n) is 9.55. The predicted molar refractivity (Wildman–Crippen MR) is 66.6 cm³/mol. The van der Waals surface area contributed by atoms with Crippen molar-refractivity contribution in [1.29, 1.82) is 0 Å². The Hall–Kier alpha value is -1.15. The van der Waals surface area contributed by atoms with E-state index in [0.717, 1.165) is 5.56 Å². The molecule has 0 heterocycles. The fourth-order valence-electron chi connectivity index (χ4n) is 1.19. The second kappa shape index (κ2) is 5.66. The lowest BCUT2D eigenvalue weighted by Crippen LogP contribution is -2.40. The van der Waals surface area contributed by atoms with E-state index in [2.05, 4.69) is 4.72 Å². The molecule has 0 saturated carbocycles. The molecule has 0 saturated heterocycles. The van der Waals surface area contributed by atoms with Crippen LogP contribution in [0.4, 0.5) is 0 Å². The summed E-state index contributed by atoms with van der Waals surface area (Å²) in [6, 6.07) is 4.43. The molecule has 4 N–H and O–H groups in total. The summed E-state index contributed by atoms with van der Waals surface area (Å²) in [4.78, 5) is 10.5. The molecule has 0 aromatic heterocycles. The highest BCUT2D eigenvalue weighted by atomic mass is 35.5. The molecule has 100 valence electrons. The second-order valence-electron chi connectivity index (χ2n) is 3.70. The first-order valence-corrected chi connectivity index (χ1v) is 6.83. The summed E-state index contributed by atoms with van der Waals surface area (Å²) >= 11 is 5.82. The van der Waals surface area contributed by atoms with Gasteiger partial charge in [0.25, 0.3) is 0 Å².